The first kappa shape index (κ1) is 35.9. The fourth-order valence-electron chi connectivity index (χ4n) is 7.39. The Morgan fingerprint density at radius 2 is 1.92 bits per heavy atom. The van der Waals surface area contributed by atoms with Gasteiger partial charge in [-0.3, -0.25) is 23.8 Å². The van der Waals surface area contributed by atoms with Crippen LogP contribution in [-0.4, -0.2) is 95.1 Å². The van der Waals surface area contributed by atoms with Gasteiger partial charge < -0.3 is 24.4 Å². The summed E-state index contributed by atoms with van der Waals surface area (Å²) in [6.07, 6.45) is 6.02. The van der Waals surface area contributed by atoms with Crippen LogP contribution in [0, 0.1) is 19.8 Å². The molecule has 1 aromatic carbocycles. The first-order chi connectivity index (χ1) is 24.8. The van der Waals surface area contributed by atoms with Crippen molar-refractivity contribution >= 4 is 38.6 Å². The van der Waals surface area contributed by atoms with Gasteiger partial charge in [-0.2, -0.15) is 5.10 Å². The number of allylic oxidation sites excluding steroid dienone is 1. The van der Waals surface area contributed by atoms with Gasteiger partial charge in [0.15, 0.2) is 0 Å². The summed E-state index contributed by atoms with van der Waals surface area (Å²) in [4.78, 5) is 48.3. The predicted octanol–water partition coefficient (Wildman–Crippen LogP) is 3.24. The van der Waals surface area contributed by atoms with Gasteiger partial charge in [-0.1, -0.05) is 12.2 Å². The Morgan fingerprint density at radius 1 is 1.13 bits per heavy atom. The van der Waals surface area contributed by atoms with Crippen molar-refractivity contribution in [3.63, 3.8) is 0 Å². The quantitative estimate of drug-likeness (QED) is 0.344. The topological polar surface area (TPSA) is 171 Å². The summed E-state index contributed by atoms with van der Waals surface area (Å²) in [5, 5.41) is 7.54. The number of pyridine rings is 1. The highest BCUT2D eigenvalue weighted by atomic mass is 32.2. The molecule has 278 valence electrons. The SMILES string of the molecule is COc1ccc2c(O[C@@H]3C[C@H]4C(=O)N[C@]5(C(=O)NS(=O)(=O)C6CC6)C[C@H]5/C=C\CCCCO[C@H](C)C(=O)N4C3)cc(-c3cc(C)nn3C)nc2c1C. The van der Waals surface area contributed by atoms with Crippen LogP contribution in [0.15, 0.2) is 36.4 Å². The van der Waals surface area contributed by atoms with Crippen LogP contribution in [0.5, 0.6) is 11.5 Å². The Morgan fingerprint density at radius 3 is 2.63 bits per heavy atom. The van der Waals surface area contributed by atoms with E-state index in [1.807, 2.05) is 57.3 Å². The molecule has 2 saturated carbocycles. The van der Waals surface area contributed by atoms with E-state index in [0.717, 1.165) is 41.6 Å². The highest BCUT2D eigenvalue weighted by Crippen LogP contribution is 2.46. The number of nitrogens with one attached hydrogen (secondary N) is 2. The maximum Gasteiger partial charge on any atom is 0.259 e. The standard InChI is InChI=1S/C37H46N6O8S/c1-21-16-29(42(4)40-21)28-18-32(27-13-14-31(49-5)22(2)33(27)38-28)51-25-17-30-34(44)39-37(36(46)41-52(47,48)26-11-12-26)19-24(37)10-8-6-7-9-15-50-23(3)35(45)43(30)20-25/h8,10,13-14,16,18,23-26,30H,6-7,9,11-12,15,17,19-20H2,1-5H3,(H,39,44)(H,41,46)/b10-8-/t23-,24-,25-,30+,37-/m1/s1. The average Bonchev–Trinajstić information content (AvgIpc) is 4.01. The summed E-state index contributed by atoms with van der Waals surface area (Å²) in [5.74, 6) is -0.873. The first-order valence-corrected chi connectivity index (χ1v) is 19.5. The zero-order valence-electron chi connectivity index (χ0n) is 30.2. The number of aryl methyl sites for hydroxylation is 3. The normalized spacial score (nSPS) is 27.5. The number of hydrogen-bond acceptors (Lipinski definition) is 10. The van der Waals surface area contributed by atoms with Crippen molar-refractivity contribution in [2.75, 3.05) is 20.3 Å². The van der Waals surface area contributed by atoms with E-state index in [9.17, 15) is 22.8 Å². The molecule has 7 rings (SSSR count). The molecule has 52 heavy (non-hydrogen) atoms. The number of aromatic nitrogens is 3. The summed E-state index contributed by atoms with van der Waals surface area (Å²) in [5.41, 5.74) is 2.30. The molecule has 2 aliphatic carbocycles. The molecule has 4 aliphatic rings. The van der Waals surface area contributed by atoms with E-state index in [4.69, 9.17) is 19.2 Å². The number of amides is 3. The van der Waals surface area contributed by atoms with E-state index in [1.54, 1.807) is 18.7 Å². The summed E-state index contributed by atoms with van der Waals surface area (Å²) in [6, 6.07) is 6.51. The fourth-order valence-corrected chi connectivity index (χ4v) is 8.75. The van der Waals surface area contributed by atoms with Gasteiger partial charge in [0, 0.05) is 43.0 Å². The van der Waals surface area contributed by atoms with Crippen LogP contribution in [0.25, 0.3) is 22.3 Å². The van der Waals surface area contributed by atoms with Gasteiger partial charge >= 0.3 is 0 Å². The minimum atomic E-state index is -3.85. The second-order valence-electron chi connectivity index (χ2n) is 14.5. The molecular formula is C37H46N6O8S. The lowest BCUT2D eigenvalue weighted by Crippen LogP contribution is -2.57. The molecule has 2 aromatic heterocycles. The molecule has 0 radical (unpaired) electrons. The molecule has 1 saturated heterocycles. The number of carbonyl (C=O) groups is 3. The van der Waals surface area contributed by atoms with E-state index in [-0.39, 0.29) is 31.2 Å². The molecule has 14 nitrogen and oxygen atoms in total. The zero-order chi connectivity index (χ0) is 36.9. The summed E-state index contributed by atoms with van der Waals surface area (Å²) in [7, 11) is -0.405. The van der Waals surface area contributed by atoms with Crippen molar-refractivity contribution < 1.29 is 37.0 Å². The summed E-state index contributed by atoms with van der Waals surface area (Å²) in [6.45, 7) is 5.97. The first-order valence-electron chi connectivity index (χ1n) is 17.9. The molecule has 3 aromatic rings. The molecule has 15 heteroatoms. The van der Waals surface area contributed by atoms with Gasteiger partial charge in [0.25, 0.3) is 11.8 Å². The minimum absolute atomic E-state index is 0.0856. The molecule has 3 amide bonds. The van der Waals surface area contributed by atoms with Gasteiger partial charge in [-0.15, -0.1) is 0 Å². The third kappa shape index (κ3) is 6.87. The monoisotopic (exact) mass is 734 g/mol. The van der Waals surface area contributed by atoms with E-state index in [1.165, 1.54) is 4.90 Å². The van der Waals surface area contributed by atoms with Crippen molar-refractivity contribution in [1.29, 1.82) is 0 Å². The number of ether oxygens (including phenoxy) is 3. The second-order valence-corrected chi connectivity index (χ2v) is 16.4. The highest BCUT2D eigenvalue weighted by molar-refractivity contribution is 7.91. The van der Waals surface area contributed by atoms with E-state index < -0.39 is 50.9 Å². The minimum Gasteiger partial charge on any atom is -0.496 e. The lowest BCUT2D eigenvalue weighted by Gasteiger charge is -2.28. The molecule has 0 bridgehead atoms. The van der Waals surface area contributed by atoms with Crippen molar-refractivity contribution in [2.24, 2.45) is 13.0 Å². The van der Waals surface area contributed by atoms with Crippen molar-refractivity contribution in [1.82, 2.24) is 29.7 Å². The van der Waals surface area contributed by atoms with Gasteiger partial charge in [0.1, 0.15) is 35.3 Å². The maximum absolute atomic E-state index is 14.3. The molecule has 4 heterocycles. The van der Waals surface area contributed by atoms with Crippen molar-refractivity contribution in [3.05, 3.63) is 47.7 Å². The Labute approximate surface area is 303 Å². The predicted molar refractivity (Wildman–Crippen MR) is 192 cm³/mol. The lowest BCUT2D eigenvalue weighted by atomic mass is 10.1. The highest BCUT2D eigenvalue weighted by Gasteiger charge is 2.62. The van der Waals surface area contributed by atoms with Gasteiger partial charge in [-0.05, 0) is 77.5 Å². The summed E-state index contributed by atoms with van der Waals surface area (Å²) >= 11 is 0. The average molecular weight is 735 g/mol. The molecule has 3 fully saturated rings. The Bertz CT molecular complexity index is 2060. The van der Waals surface area contributed by atoms with Crippen LogP contribution in [0.2, 0.25) is 0 Å². The zero-order valence-corrected chi connectivity index (χ0v) is 31.0. The number of rotatable bonds is 7. The van der Waals surface area contributed by atoms with E-state index >= 15 is 0 Å². The van der Waals surface area contributed by atoms with Crippen LogP contribution < -0.4 is 19.5 Å². The molecular weight excluding hydrogens is 689 g/mol. The number of hydrogen-bond donors (Lipinski definition) is 2. The van der Waals surface area contributed by atoms with Crippen LogP contribution >= 0.6 is 0 Å². The van der Waals surface area contributed by atoms with Crippen LogP contribution in [-0.2, 0) is 36.2 Å². The van der Waals surface area contributed by atoms with Crippen molar-refractivity contribution in [3.8, 4) is 22.9 Å². The number of carbonyl (C=O) groups excluding carboxylic acids is 3. The molecule has 2 N–H and O–H groups in total. The van der Waals surface area contributed by atoms with Gasteiger partial charge in [0.05, 0.1) is 41.5 Å². The van der Waals surface area contributed by atoms with Gasteiger partial charge in [0.2, 0.25) is 15.9 Å². The molecule has 2 aliphatic heterocycles. The van der Waals surface area contributed by atoms with Crippen molar-refractivity contribution in [2.45, 2.75) is 94.8 Å². The number of nitrogens with zero attached hydrogens (tertiary/aromatic N) is 4. The van der Waals surface area contributed by atoms with Crippen LogP contribution in [0.4, 0.5) is 0 Å². The molecule has 5 atom stereocenters. The Balaban J connectivity index is 1.22. The molecule has 0 unspecified atom stereocenters. The lowest BCUT2D eigenvalue weighted by molar-refractivity contribution is -0.147. The number of benzene rings is 1. The van der Waals surface area contributed by atoms with E-state index in [0.29, 0.717) is 42.2 Å². The number of fused-ring (bicyclic) bond motifs is 3. The number of sulfonamides is 1. The Hall–Kier alpha value is -4.50. The second kappa shape index (κ2) is 13.8. The van der Waals surface area contributed by atoms with Crippen LogP contribution in [0.3, 0.4) is 0 Å². The third-order valence-electron chi connectivity index (χ3n) is 10.6. The third-order valence-corrected chi connectivity index (χ3v) is 12.4. The van der Waals surface area contributed by atoms with E-state index in [2.05, 4.69) is 15.1 Å². The Kier molecular flexibility index (Phi) is 9.53. The summed E-state index contributed by atoms with van der Waals surface area (Å²) < 4.78 is 47.8. The fraction of sp³-hybridized carbons (Fsp3) is 0.541. The maximum atomic E-state index is 14.3. The molecule has 0 spiro atoms. The van der Waals surface area contributed by atoms with Crippen LogP contribution in [0.1, 0.15) is 63.1 Å². The smallest absolute Gasteiger partial charge is 0.259 e. The van der Waals surface area contributed by atoms with Gasteiger partial charge in [-0.25, -0.2) is 13.4 Å². The largest absolute Gasteiger partial charge is 0.496 e. The number of methoxy groups -OCH3 is 1.